The summed E-state index contributed by atoms with van der Waals surface area (Å²) in [7, 11) is -3.80. The minimum Gasteiger partial charge on any atom is -0.403 e. The Morgan fingerprint density at radius 2 is 1.75 bits per heavy atom. The van der Waals surface area contributed by atoms with Gasteiger partial charge in [0, 0.05) is 18.9 Å². The molecule has 3 rings (SSSR count). The number of hydrogen-bond donors (Lipinski definition) is 0. The third-order valence-electron chi connectivity index (χ3n) is 7.12. The normalized spacial score (nSPS) is 21.9. The summed E-state index contributed by atoms with van der Waals surface area (Å²) in [5.41, 5.74) is 1.53. The molecule has 0 spiro atoms. The molecule has 0 N–H and O–H groups in total. The van der Waals surface area contributed by atoms with Crippen LogP contribution in [0.1, 0.15) is 65.4 Å². The Balaban J connectivity index is 1.77. The SMILES string of the molecule is C=CCCCC[C@@H](B1OC(C)(C)C(C)(C)O1)C1=CCN(S(=O)(=O)c2ccc(C)cc2)CC1. The predicted molar refractivity (Wildman–Crippen MR) is 131 cm³/mol. The van der Waals surface area contributed by atoms with Crippen LogP contribution in [0, 0.1) is 6.92 Å². The van der Waals surface area contributed by atoms with Crippen LogP contribution < -0.4 is 0 Å². The fourth-order valence-electron chi connectivity index (χ4n) is 4.28. The third kappa shape index (κ3) is 5.38. The van der Waals surface area contributed by atoms with Crippen LogP contribution in [-0.4, -0.2) is 44.1 Å². The molecule has 2 aliphatic heterocycles. The van der Waals surface area contributed by atoms with E-state index in [1.165, 1.54) is 5.57 Å². The Kier molecular flexibility index (Phi) is 7.75. The highest BCUT2D eigenvalue weighted by Crippen LogP contribution is 2.44. The Morgan fingerprint density at radius 3 is 2.28 bits per heavy atom. The van der Waals surface area contributed by atoms with E-state index in [0.717, 1.165) is 31.2 Å². The monoisotopic (exact) mass is 459 g/mol. The van der Waals surface area contributed by atoms with E-state index in [4.69, 9.17) is 9.31 Å². The molecule has 1 atom stereocenters. The molecule has 7 heteroatoms. The van der Waals surface area contributed by atoms with Crippen molar-refractivity contribution in [3.05, 3.63) is 54.1 Å². The maximum atomic E-state index is 13.1. The number of benzene rings is 1. The van der Waals surface area contributed by atoms with E-state index < -0.39 is 10.0 Å². The summed E-state index contributed by atoms with van der Waals surface area (Å²) in [6.45, 7) is 14.9. The van der Waals surface area contributed by atoms with Crippen molar-refractivity contribution in [1.82, 2.24) is 4.31 Å². The fourth-order valence-corrected chi connectivity index (χ4v) is 5.66. The minimum absolute atomic E-state index is 0.130. The molecule has 5 nitrogen and oxygen atoms in total. The lowest BCUT2D eigenvalue weighted by molar-refractivity contribution is 0.00578. The summed E-state index contributed by atoms with van der Waals surface area (Å²) in [5, 5.41) is 0. The maximum Gasteiger partial charge on any atom is 0.465 e. The Bertz CT molecular complexity index is 921. The molecule has 2 aliphatic rings. The van der Waals surface area contributed by atoms with Crippen molar-refractivity contribution in [3.8, 4) is 0 Å². The molecule has 32 heavy (non-hydrogen) atoms. The van der Waals surface area contributed by atoms with Crippen molar-refractivity contribution in [2.45, 2.75) is 88.6 Å². The Hall–Kier alpha value is -1.41. The molecule has 0 aromatic heterocycles. The molecule has 0 aliphatic carbocycles. The van der Waals surface area contributed by atoms with Gasteiger partial charge in [0.1, 0.15) is 0 Å². The van der Waals surface area contributed by atoms with Crippen molar-refractivity contribution in [2.75, 3.05) is 13.1 Å². The largest absolute Gasteiger partial charge is 0.465 e. The van der Waals surface area contributed by atoms with E-state index in [-0.39, 0.29) is 24.1 Å². The molecule has 2 heterocycles. The molecule has 0 amide bonds. The second-order valence-electron chi connectivity index (χ2n) is 10.0. The third-order valence-corrected chi connectivity index (χ3v) is 8.99. The number of nitrogens with zero attached hydrogens (tertiary/aromatic N) is 1. The molecule has 0 bridgehead atoms. The van der Waals surface area contributed by atoms with Crippen LogP contribution in [0.15, 0.2) is 53.5 Å². The number of allylic oxidation sites excluding steroid dienone is 1. The van der Waals surface area contributed by atoms with Crippen LogP contribution in [0.5, 0.6) is 0 Å². The van der Waals surface area contributed by atoms with E-state index in [9.17, 15) is 8.42 Å². The Morgan fingerprint density at radius 1 is 1.12 bits per heavy atom. The van der Waals surface area contributed by atoms with Crippen LogP contribution in [-0.2, 0) is 19.3 Å². The summed E-state index contributed by atoms with van der Waals surface area (Å²) in [6.07, 6.45) is 8.83. The lowest BCUT2D eigenvalue weighted by Gasteiger charge is -2.32. The minimum atomic E-state index is -3.49. The van der Waals surface area contributed by atoms with E-state index in [1.54, 1.807) is 16.4 Å². The average Bonchev–Trinajstić information content (AvgIpc) is 2.95. The maximum absolute atomic E-state index is 13.1. The van der Waals surface area contributed by atoms with Gasteiger partial charge in [0.05, 0.1) is 16.1 Å². The first-order chi connectivity index (χ1) is 15.0. The van der Waals surface area contributed by atoms with Crippen molar-refractivity contribution in [2.24, 2.45) is 0 Å². The molecule has 1 fully saturated rings. The van der Waals surface area contributed by atoms with E-state index in [0.29, 0.717) is 24.4 Å². The zero-order valence-electron chi connectivity index (χ0n) is 20.3. The predicted octanol–water partition coefficient (Wildman–Crippen LogP) is 5.52. The molecule has 0 saturated carbocycles. The van der Waals surface area contributed by atoms with Gasteiger partial charge in [-0.05, 0) is 72.4 Å². The average molecular weight is 459 g/mol. The fraction of sp³-hybridized carbons (Fsp3) is 0.600. The summed E-state index contributed by atoms with van der Waals surface area (Å²) in [5.74, 6) is 0.130. The quantitative estimate of drug-likeness (QED) is 0.277. The molecule has 1 aromatic rings. The van der Waals surface area contributed by atoms with Crippen LogP contribution in [0.4, 0.5) is 0 Å². The first kappa shape index (κ1) is 25.2. The van der Waals surface area contributed by atoms with Crippen LogP contribution >= 0.6 is 0 Å². The first-order valence-corrected chi connectivity index (χ1v) is 13.1. The van der Waals surface area contributed by atoms with Crippen LogP contribution in [0.2, 0.25) is 5.82 Å². The van der Waals surface area contributed by atoms with Gasteiger partial charge < -0.3 is 9.31 Å². The standard InChI is InChI=1S/C25H38BNO4S/c1-7-8-9-10-11-23(26-30-24(3,4)25(5,6)31-26)21-16-18-27(19-17-21)32(28,29)22-14-12-20(2)13-15-22/h7,12-16,23H,1,8-11,17-19H2,2-6H3/t23-/m1/s1. The number of unbranched alkanes of at least 4 members (excludes halogenated alkanes) is 2. The van der Waals surface area contributed by atoms with Crippen molar-refractivity contribution in [3.63, 3.8) is 0 Å². The summed E-state index contributed by atoms with van der Waals surface area (Å²) in [6, 6.07) is 7.07. The van der Waals surface area contributed by atoms with Gasteiger partial charge in [-0.2, -0.15) is 4.31 Å². The highest BCUT2D eigenvalue weighted by atomic mass is 32.2. The van der Waals surface area contributed by atoms with Gasteiger partial charge in [0.2, 0.25) is 10.0 Å². The Labute approximate surface area is 195 Å². The second-order valence-corrected chi connectivity index (χ2v) is 11.9. The van der Waals surface area contributed by atoms with Gasteiger partial charge in [-0.1, -0.05) is 41.8 Å². The lowest BCUT2D eigenvalue weighted by atomic mass is 9.64. The van der Waals surface area contributed by atoms with Gasteiger partial charge in [-0.15, -0.1) is 6.58 Å². The zero-order chi connectivity index (χ0) is 23.6. The summed E-state index contributed by atoms with van der Waals surface area (Å²) >= 11 is 0. The molecule has 0 unspecified atom stereocenters. The highest BCUT2D eigenvalue weighted by Gasteiger charge is 2.54. The molecular formula is C25H38BNO4S. The van der Waals surface area contributed by atoms with Crippen LogP contribution in [0.3, 0.4) is 0 Å². The first-order valence-electron chi connectivity index (χ1n) is 11.7. The van der Waals surface area contributed by atoms with Gasteiger partial charge in [0.25, 0.3) is 0 Å². The zero-order valence-corrected chi connectivity index (χ0v) is 21.1. The second kappa shape index (κ2) is 9.84. The number of hydrogen-bond acceptors (Lipinski definition) is 4. The van der Waals surface area contributed by atoms with Crippen molar-refractivity contribution >= 4 is 17.1 Å². The molecular weight excluding hydrogens is 421 g/mol. The number of sulfonamides is 1. The smallest absolute Gasteiger partial charge is 0.403 e. The van der Waals surface area contributed by atoms with Gasteiger partial charge in [0.15, 0.2) is 0 Å². The topological polar surface area (TPSA) is 55.8 Å². The lowest BCUT2D eigenvalue weighted by Crippen LogP contribution is -2.41. The van der Waals surface area contributed by atoms with E-state index >= 15 is 0 Å². The van der Waals surface area contributed by atoms with Gasteiger partial charge in [-0.25, -0.2) is 8.42 Å². The van der Waals surface area contributed by atoms with E-state index in [1.807, 2.05) is 25.1 Å². The number of aryl methyl sites for hydroxylation is 1. The molecule has 0 radical (unpaired) electrons. The van der Waals surface area contributed by atoms with Crippen LogP contribution in [0.25, 0.3) is 0 Å². The van der Waals surface area contributed by atoms with Gasteiger partial charge in [-0.3, -0.25) is 0 Å². The van der Waals surface area contributed by atoms with Crippen molar-refractivity contribution < 1.29 is 17.7 Å². The van der Waals surface area contributed by atoms with Gasteiger partial charge >= 0.3 is 7.12 Å². The van der Waals surface area contributed by atoms with E-state index in [2.05, 4.69) is 40.3 Å². The molecule has 1 aromatic carbocycles. The molecule has 176 valence electrons. The summed E-state index contributed by atoms with van der Waals surface area (Å²) in [4.78, 5) is 0.354. The summed E-state index contributed by atoms with van der Waals surface area (Å²) < 4.78 is 40.5. The molecule has 1 saturated heterocycles. The van der Waals surface area contributed by atoms with Crippen molar-refractivity contribution in [1.29, 1.82) is 0 Å². The highest BCUT2D eigenvalue weighted by molar-refractivity contribution is 7.89. The number of rotatable bonds is 9.